The van der Waals surface area contributed by atoms with E-state index in [0.29, 0.717) is 0 Å². The number of hydrogen-bond acceptors (Lipinski definition) is 6. The van der Waals surface area contributed by atoms with Gasteiger partial charge in [0, 0.05) is 0 Å². The molecule has 2 aromatic rings. The van der Waals surface area contributed by atoms with Crippen molar-refractivity contribution in [3.63, 3.8) is 0 Å². The quantitative estimate of drug-likeness (QED) is 0.516. The minimum absolute atomic E-state index is 0.0998. The summed E-state index contributed by atoms with van der Waals surface area (Å²) in [5, 5.41) is 0. The molecule has 8 heteroatoms. The van der Waals surface area contributed by atoms with E-state index < -0.39 is 27.0 Å². The third kappa shape index (κ3) is 3.93. The van der Waals surface area contributed by atoms with E-state index in [0.717, 1.165) is 6.07 Å². The fourth-order valence-corrected chi connectivity index (χ4v) is 2.38. The number of esters is 2. The highest BCUT2D eigenvalue weighted by Gasteiger charge is 2.19. The molecule has 0 aliphatic rings. The Balaban J connectivity index is 2.25. The predicted molar refractivity (Wildman–Crippen MR) is 79.0 cm³/mol. The van der Waals surface area contributed by atoms with Gasteiger partial charge in [0.05, 0.1) is 18.2 Å². The van der Waals surface area contributed by atoms with E-state index in [-0.39, 0.29) is 16.9 Å². The molecule has 0 saturated carbocycles. The summed E-state index contributed by atoms with van der Waals surface area (Å²) in [5.41, 5.74) is 0.352. The third-order valence-corrected chi connectivity index (χ3v) is 3.76. The van der Waals surface area contributed by atoms with E-state index in [1.165, 1.54) is 49.6 Å². The van der Waals surface area contributed by atoms with Gasteiger partial charge in [-0.3, -0.25) is 4.55 Å². The maximum atomic E-state index is 12.0. The largest absolute Gasteiger partial charge is 0.465 e. The van der Waals surface area contributed by atoms with Crippen LogP contribution in [-0.2, 0) is 14.9 Å². The van der Waals surface area contributed by atoms with Crippen LogP contribution < -0.4 is 4.74 Å². The SMILES string of the molecule is COC(=O)c1ccc(C(=O)Oc2ccccc2S(=O)(=O)O)cc1. The zero-order valence-corrected chi connectivity index (χ0v) is 12.7. The van der Waals surface area contributed by atoms with Crippen molar-refractivity contribution >= 4 is 22.1 Å². The molecule has 2 rings (SSSR count). The maximum Gasteiger partial charge on any atom is 0.343 e. The molecule has 0 aliphatic carbocycles. The fraction of sp³-hybridized carbons (Fsp3) is 0.0667. The zero-order chi connectivity index (χ0) is 17.0. The molecule has 0 amide bonds. The number of para-hydroxylation sites is 1. The van der Waals surface area contributed by atoms with Gasteiger partial charge in [-0.05, 0) is 36.4 Å². The van der Waals surface area contributed by atoms with Gasteiger partial charge in [-0.25, -0.2) is 9.59 Å². The summed E-state index contributed by atoms with van der Waals surface area (Å²) < 4.78 is 41.1. The molecular formula is C15H12O7S. The Bertz CT molecular complexity index is 838. The van der Waals surface area contributed by atoms with E-state index in [1.807, 2.05) is 0 Å². The standard InChI is InChI=1S/C15H12O7S/c1-21-14(16)10-6-8-11(9-7-10)15(17)22-12-4-2-3-5-13(12)23(18,19)20/h2-9H,1H3,(H,18,19,20). The number of carbonyl (C=O) groups excluding carboxylic acids is 2. The van der Waals surface area contributed by atoms with Crippen molar-refractivity contribution in [3.8, 4) is 5.75 Å². The lowest BCUT2D eigenvalue weighted by atomic mass is 10.1. The van der Waals surface area contributed by atoms with Crippen molar-refractivity contribution in [3.05, 3.63) is 59.7 Å². The molecule has 0 atom stereocenters. The highest BCUT2D eigenvalue weighted by atomic mass is 32.2. The molecule has 0 fully saturated rings. The number of ether oxygens (including phenoxy) is 2. The molecule has 120 valence electrons. The van der Waals surface area contributed by atoms with E-state index >= 15 is 0 Å². The summed E-state index contributed by atoms with van der Waals surface area (Å²) in [6.45, 7) is 0. The summed E-state index contributed by atoms with van der Waals surface area (Å²) in [6.07, 6.45) is 0. The van der Waals surface area contributed by atoms with Crippen LogP contribution in [0.3, 0.4) is 0 Å². The van der Waals surface area contributed by atoms with E-state index in [4.69, 9.17) is 9.29 Å². The van der Waals surface area contributed by atoms with Gasteiger partial charge in [-0.1, -0.05) is 12.1 Å². The van der Waals surface area contributed by atoms with Crippen LogP contribution in [0, 0.1) is 0 Å². The summed E-state index contributed by atoms with van der Waals surface area (Å²) >= 11 is 0. The molecule has 2 aromatic carbocycles. The summed E-state index contributed by atoms with van der Waals surface area (Å²) in [7, 11) is -3.29. The van der Waals surface area contributed by atoms with E-state index in [9.17, 15) is 18.0 Å². The van der Waals surface area contributed by atoms with E-state index in [2.05, 4.69) is 4.74 Å². The first-order valence-corrected chi connectivity index (χ1v) is 7.74. The van der Waals surface area contributed by atoms with Crippen LogP contribution in [0.15, 0.2) is 53.4 Å². The number of benzene rings is 2. The molecule has 23 heavy (non-hydrogen) atoms. The average Bonchev–Trinajstić information content (AvgIpc) is 2.53. The van der Waals surface area contributed by atoms with Crippen molar-refractivity contribution in [1.82, 2.24) is 0 Å². The minimum atomic E-state index is -4.52. The molecule has 0 aliphatic heterocycles. The Morgan fingerprint density at radius 1 is 0.913 bits per heavy atom. The monoisotopic (exact) mass is 336 g/mol. The first-order chi connectivity index (χ1) is 10.8. The molecule has 7 nitrogen and oxygen atoms in total. The Morgan fingerprint density at radius 3 is 1.96 bits per heavy atom. The van der Waals surface area contributed by atoms with Crippen molar-refractivity contribution in [2.75, 3.05) is 7.11 Å². The first-order valence-electron chi connectivity index (χ1n) is 6.30. The Morgan fingerprint density at radius 2 is 1.43 bits per heavy atom. The van der Waals surface area contributed by atoms with Crippen LogP contribution >= 0.6 is 0 Å². The molecule has 0 aromatic heterocycles. The lowest BCUT2D eigenvalue weighted by Gasteiger charge is -2.08. The molecule has 0 radical (unpaired) electrons. The van der Waals surface area contributed by atoms with Gasteiger partial charge >= 0.3 is 11.9 Å². The highest BCUT2D eigenvalue weighted by molar-refractivity contribution is 7.86. The Hall–Kier alpha value is -2.71. The van der Waals surface area contributed by atoms with Crippen LogP contribution in [0.2, 0.25) is 0 Å². The van der Waals surface area contributed by atoms with Crippen LogP contribution in [0.1, 0.15) is 20.7 Å². The molecule has 0 bridgehead atoms. The maximum absolute atomic E-state index is 12.0. The second-order valence-corrected chi connectivity index (χ2v) is 5.77. The molecule has 0 spiro atoms. The minimum Gasteiger partial charge on any atom is -0.465 e. The smallest absolute Gasteiger partial charge is 0.343 e. The van der Waals surface area contributed by atoms with Gasteiger partial charge in [-0.15, -0.1) is 0 Å². The fourth-order valence-electron chi connectivity index (χ4n) is 1.77. The lowest BCUT2D eigenvalue weighted by Crippen LogP contribution is -2.12. The second kappa shape index (κ2) is 6.59. The van der Waals surface area contributed by atoms with Crippen LogP contribution in [0.25, 0.3) is 0 Å². The zero-order valence-electron chi connectivity index (χ0n) is 11.9. The molecule has 1 N–H and O–H groups in total. The van der Waals surface area contributed by atoms with Crippen LogP contribution in [0.4, 0.5) is 0 Å². The van der Waals surface area contributed by atoms with Gasteiger partial charge in [0.15, 0.2) is 5.75 Å². The third-order valence-electron chi connectivity index (χ3n) is 2.87. The first kappa shape index (κ1) is 16.7. The average molecular weight is 336 g/mol. The number of methoxy groups -OCH3 is 1. The summed E-state index contributed by atoms with van der Waals surface area (Å²) in [4.78, 5) is 22.8. The summed E-state index contributed by atoms with van der Waals surface area (Å²) in [5.74, 6) is -1.68. The van der Waals surface area contributed by atoms with Gasteiger partial charge in [0.1, 0.15) is 4.90 Å². The molecule has 0 saturated heterocycles. The van der Waals surface area contributed by atoms with Gasteiger partial charge in [-0.2, -0.15) is 8.42 Å². The number of carbonyl (C=O) groups is 2. The second-order valence-electron chi connectivity index (χ2n) is 4.38. The number of hydrogen-bond donors (Lipinski definition) is 1. The van der Waals surface area contributed by atoms with Crippen LogP contribution in [-0.4, -0.2) is 32.0 Å². The lowest BCUT2D eigenvalue weighted by molar-refractivity contribution is 0.0599. The van der Waals surface area contributed by atoms with Crippen molar-refractivity contribution in [2.45, 2.75) is 4.90 Å². The molecule has 0 unspecified atom stereocenters. The normalized spacial score (nSPS) is 10.9. The topological polar surface area (TPSA) is 107 Å². The van der Waals surface area contributed by atoms with Gasteiger partial charge in [0.2, 0.25) is 0 Å². The van der Waals surface area contributed by atoms with E-state index in [1.54, 1.807) is 0 Å². The predicted octanol–water partition coefficient (Wildman–Crippen LogP) is 1.94. The van der Waals surface area contributed by atoms with Crippen molar-refractivity contribution in [1.29, 1.82) is 0 Å². The highest BCUT2D eigenvalue weighted by Crippen LogP contribution is 2.24. The molecule has 0 heterocycles. The van der Waals surface area contributed by atoms with Crippen LogP contribution in [0.5, 0.6) is 5.75 Å². The Labute approximate surface area is 132 Å². The number of rotatable bonds is 4. The van der Waals surface area contributed by atoms with Gasteiger partial charge < -0.3 is 9.47 Å². The Kier molecular flexibility index (Phi) is 4.77. The molecular weight excluding hydrogens is 324 g/mol. The van der Waals surface area contributed by atoms with Crippen molar-refractivity contribution < 1.29 is 32.0 Å². The van der Waals surface area contributed by atoms with Gasteiger partial charge in [0.25, 0.3) is 10.1 Å². The van der Waals surface area contributed by atoms with Crippen molar-refractivity contribution in [2.24, 2.45) is 0 Å². The summed E-state index contributed by atoms with van der Waals surface area (Å²) in [6, 6.07) is 10.6.